The summed E-state index contributed by atoms with van der Waals surface area (Å²) in [6, 6.07) is 1.74. The third kappa shape index (κ3) is 3.49. The van der Waals surface area contributed by atoms with Crippen LogP contribution in [0.5, 0.6) is 0 Å². The number of aliphatic imine (C=N–C) groups is 1. The zero-order chi connectivity index (χ0) is 6.41. The average Bonchev–Trinajstić information content (AvgIpc) is 1.83. The molecule has 1 unspecified atom stereocenters. The highest BCUT2D eigenvalue weighted by Gasteiger charge is 1.96. The van der Waals surface area contributed by atoms with Gasteiger partial charge in [0.05, 0.1) is 25.3 Å². The van der Waals surface area contributed by atoms with Crippen LogP contribution in [-0.2, 0) is 0 Å². The Labute approximate surface area is 47.0 Å². The van der Waals surface area contributed by atoms with Gasteiger partial charge in [0, 0.05) is 0 Å². The lowest BCUT2D eigenvalue weighted by molar-refractivity contribution is 0.102. The molecule has 0 aliphatic carbocycles. The van der Waals surface area contributed by atoms with Crippen molar-refractivity contribution in [2.24, 2.45) is 4.99 Å². The number of aliphatic hydroxyl groups is 2. The number of hydrogen-bond acceptors (Lipinski definition) is 4. The molecule has 0 aromatic rings. The van der Waals surface area contributed by atoms with Gasteiger partial charge in [-0.2, -0.15) is 0 Å². The van der Waals surface area contributed by atoms with E-state index in [9.17, 15) is 0 Å². The molecule has 0 heterocycles. The Kier molecular flexibility index (Phi) is 4.07. The van der Waals surface area contributed by atoms with E-state index in [2.05, 4.69) is 4.99 Å². The Hall–Kier alpha value is -0.700. The molecule has 4 nitrogen and oxygen atoms in total. The van der Waals surface area contributed by atoms with Crippen molar-refractivity contribution in [2.75, 3.05) is 13.2 Å². The van der Waals surface area contributed by atoms with E-state index < -0.39 is 6.10 Å². The topological polar surface area (TPSA) is 76.7 Å². The lowest BCUT2D eigenvalue weighted by Gasteiger charge is -1.97. The Morgan fingerprint density at radius 3 is 2.75 bits per heavy atom. The van der Waals surface area contributed by atoms with Crippen molar-refractivity contribution in [2.45, 2.75) is 6.10 Å². The molecule has 0 amide bonds. The van der Waals surface area contributed by atoms with Gasteiger partial charge >= 0.3 is 0 Å². The predicted octanol–water partition coefficient (Wildman–Crippen LogP) is -0.908. The highest BCUT2D eigenvalue weighted by molar-refractivity contribution is 5.35. The van der Waals surface area contributed by atoms with Gasteiger partial charge in [-0.1, -0.05) is 0 Å². The van der Waals surface area contributed by atoms with Crippen LogP contribution in [0.2, 0.25) is 0 Å². The van der Waals surface area contributed by atoms with E-state index in [0.717, 1.165) is 0 Å². The molecule has 0 fully saturated rings. The maximum Gasteiger partial charge on any atom is 0.0973 e. The monoisotopic (exact) mass is 116 g/mol. The lowest BCUT2D eigenvalue weighted by Crippen LogP contribution is -2.15. The van der Waals surface area contributed by atoms with Gasteiger partial charge in [-0.25, -0.2) is 10.4 Å². The Morgan fingerprint density at radius 2 is 2.38 bits per heavy atom. The summed E-state index contributed by atoms with van der Waals surface area (Å²) in [5.41, 5.74) is 0. The minimum atomic E-state index is -0.840. The summed E-state index contributed by atoms with van der Waals surface area (Å²) < 4.78 is 0. The fourth-order valence-electron chi connectivity index (χ4n) is 0.209. The summed E-state index contributed by atoms with van der Waals surface area (Å²) in [5.74, 6) is 0. The SMILES string of the molecule is N=C=NCC(O)CO. The fourth-order valence-corrected chi connectivity index (χ4v) is 0.209. The molecule has 46 valence electrons. The fraction of sp³-hybridized carbons (Fsp3) is 0.750. The van der Waals surface area contributed by atoms with E-state index in [0.29, 0.717) is 0 Å². The van der Waals surface area contributed by atoms with Crippen molar-refractivity contribution >= 4 is 6.01 Å². The van der Waals surface area contributed by atoms with Crippen LogP contribution in [0.25, 0.3) is 0 Å². The number of aliphatic hydroxyl groups excluding tert-OH is 2. The number of nitrogens with one attached hydrogen (secondary N) is 1. The van der Waals surface area contributed by atoms with Gasteiger partial charge in [-0.3, -0.25) is 0 Å². The van der Waals surface area contributed by atoms with Crippen LogP contribution in [0.3, 0.4) is 0 Å². The normalized spacial score (nSPS) is 12.2. The van der Waals surface area contributed by atoms with Crippen molar-refractivity contribution in [3.63, 3.8) is 0 Å². The van der Waals surface area contributed by atoms with Gasteiger partial charge in [0.1, 0.15) is 0 Å². The Bertz CT molecular complexity index is 98.2. The van der Waals surface area contributed by atoms with Gasteiger partial charge in [0.2, 0.25) is 0 Å². The van der Waals surface area contributed by atoms with E-state index in [1.54, 1.807) is 6.01 Å². The molecule has 8 heavy (non-hydrogen) atoms. The van der Waals surface area contributed by atoms with Crippen LogP contribution < -0.4 is 0 Å². The van der Waals surface area contributed by atoms with E-state index >= 15 is 0 Å². The number of hydrogen-bond donors (Lipinski definition) is 3. The molecular formula is C4H8N2O2. The third-order valence-corrected chi connectivity index (χ3v) is 0.592. The molecule has 1 atom stereocenters. The molecule has 0 radical (unpaired) electrons. The summed E-state index contributed by atoms with van der Waals surface area (Å²) >= 11 is 0. The first-order valence-corrected chi connectivity index (χ1v) is 2.18. The zero-order valence-electron chi connectivity index (χ0n) is 4.33. The Balaban J connectivity index is 3.23. The van der Waals surface area contributed by atoms with Gasteiger partial charge in [0.15, 0.2) is 0 Å². The highest BCUT2D eigenvalue weighted by atomic mass is 16.3. The van der Waals surface area contributed by atoms with Crippen molar-refractivity contribution in [1.29, 1.82) is 5.41 Å². The number of nitrogens with zero attached hydrogens (tertiary/aromatic N) is 1. The van der Waals surface area contributed by atoms with Crippen molar-refractivity contribution in [3.8, 4) is 0 Å². The minimum absolute atomic E-state index is 0.0556. The first kappa shape index (κ1) is 7.30. The zero-order valence-corrected chi connectivity index (χ0v) is 4.33. The Morgan fingerprint density at radius 1 is 1.75 bits per heavy atom. The van der Waals surface area contributed by atoms with Crippen LogP contribution in [0.4, 0.5) is 0 Å². The van der Waals surface area contributed by atoms with Crippen molar-refractivity contribution < 1.29 is 10.2 Å². The largest absolute Gasteiger partial charge is 0.394 e. The summed E-state index contributed by atoms with van der Waals surface area (Å²) in [5, 5.41) is 22.9. The molecule has 0 saturated carbocycles. The third-order valence-electron chi connectivity index (χ3n) is 0.592. The molecule has 0 bridgehead atoms. The summed E-state index contributed by atoms with van der Waals surface area (Å²) in [7, 11) is 0. The highest BCUT2D eigenvalue weighted by Crippen LogP contribution is 1.78. The molecular weight excluding hydrogens is 108 g/mol. The molecule has 0 saturated heterocycles. The summed E-state index contributed by atoms with van der Waals surface area (Å²) in [6.45, 7) is -0.259. The lowest BCUT2D eigenvalue weighted by atomic mass is 10.4. The molecule has 0 aromatic heterocycles. The second-order valence-electron chi connectivity index (χ2n) is 1.29. The van der Waals surface area contributed by atoms with Gasteiger partial charge in [-0.15, -0.1) is 0 Å². The van der Waals surface area contributed by atoms with Crippen LogP contribution in [-0.4, -0.2) is 35.5 Å². The maximum absolute atomic E-state index is 8.52. The van der Waals surface area contributed by atoms with Gasteiger partial charge in [0.25, 0.3) is 0 Å². The first-order valence-electron chi connectivity index (χ1n) is 2.18. The number of rotatable bonds is 3. The average molecular weight is 116 g/mol. The maximum atomic E-state index is 8.52. The van der Waals surface area contributed by atoms with Crippen molar-refractivity contribution in [3.05, 3.63) is 0 Å². The standard InChI is InChI=1S/C4H8N2O2/c5-3-6-1-4(8)2-7/h4-5,7-8H,1-2H2. The molecule has 3 N–H and O–H groups in total. The molecule has 0 rings (SSSR count). The molecule has 0 aliphatic rings. The van der Waals surface area contributed by atoms with Crippen LogP contribution in [0, 0.1) is 5.41 Å². The van der Waals surface area contributed by atoms with Crippen molar-refractivity contribution in [1.82, 2.24) is 0 Å². The smallest absolute Gasteiger partial charge is 0.0973 e. The second-order valence-corrected chi connectivity index (χ2v) is 1.29. The van der Waals surface area contributed by atoms with E-state index in [-0.39, 0.29) is 13.2 Å². The predicted molar refractivity (Wildman–Crippen MR) is 28.1 cm³/mol. The van der Waals surface area contributed by atoms with Gasteiger partial charge in [-0.05, 0) is 0 Å². The quantitative estimate of drug-likeness (QED) is 0.417. The van der Waals surface area contributed by atoms with Gasteiger partial charge < -0.3 is 10.2 Å². The van der Waals surface area contributed by atoms with E-state index in [1.165, 1.54) is 0 Å². The van der Waals surface area contributed by atoms with Crippen LogP contribution >= 0.6 is 0 Å². The minimum Gasteiger partial charge on any atom is -0.394 e. The van der Waals surface area contributed by atoms with Crippen LogP contribution in [0.1, 0.15) is 0 Å². The molecule has 0 aliphatic heterocycles. The molecule has 0 spiro atoms. The first-order chi connectivity index (χ1) is 3.81. The molecule has 4 heteroatoms. The summed E-state index contributed by atoms with van der Waals surface area (Å²) in [4.78, 5) is 3.25. The summed E-state index contributed by atoms with van der Waals surface area (Å²) in [6.07, 6.45) is -0.840. The molecule has 0 aromatic carbocycles. The van der Waals surface area contributed by atoms with E-state index in [1.807, 2.05) is 0 Å². The van der Waals surface area contributed by atoms with Crippen LogP contribution in [0.15, 0.2) is 4.99 Å². The van der Waals surface area contributed by atoms with E-state index in [4.69, 9.17) is 15.6 Å². The second kappa shape index (κ2) is 4.46.